The Morgan fingerprint density at radius 1 is 1.33 bits per heavy atom. The van der Waals surface area contributed by atoms with Crippen molar-refractivity contribution in [1.82, 2.24) is 30.0 Å². The largest absolute Gasteiger partial charge is 0.454 e. The molecule has 2 N–H and O–H groups in total. The minimum absolute atomic E-state index is 0.0296. The molecule has 1 atom stereocenters. The molecule has 0 aromatic carbocycles. The van der Waals surface area contributed by atoms with E-state index < -0.39 is 0 Å². The first-order valence-corrected chi connectivity index (χ1v) is 9.96. The van der Waals surface area contributed by atoms with Crippen molar-refractivity contribution in [1.29, 1.82) is 0 Å². The number of nitrogens with one attached hydrogen (secondary N) is 2. The third-order valence-electron chi connectivity index (χ3n) is 5.47. The van der Waals surface area contributed by atoms with Crippen molar-refractivity contribution < 1.29 is 18.7 Å². The summed E-state index contributed by atoms with van der Waals surface area (Å²) in [6.07, 6.45) is 6.60. The van der Waals surface area contributed by atoms with Gasteiger partial charge in [-0.1, -0.05) is 0 Å². The van der Waals surface area contributed by atoms with Gasteiger partial charge in [-0.15, -0.1) is 0 Å². The highest BCUT2D eigenvalue weighted by Gasteiger charge is 2.30. The van der Waals surface area contributed by atoms with Gasteiger partial charge in [-0.3, -0.25) is 14.7 Å². The van der Waals surface area contributed by atoms with Crippen LogP contribution in [0.5, 0.6) is 0 Å². The van der Waals surface area contributed by atoms with Crippen LogP contribution in [0.1, 0.15) is 44.5 Å². The van der Waals surface area contributed by atoms with Crippen LogP contribution in [0.2, 0.25) is 0 Å². The molecule has 156 valence electrons. The fraction of sp³-hybridized carbons (Fsp3) is 0.400. The van der Waals surface area contributed by atoms with Crippen LogP contribution < -0.4 is 5.32 Å². The molecule has 2 amide bonds. The molecule has 1 unspecified atom stereocenters. The third kappa shape index (κ3) is 3.61. The lowest BCUT2D eigenvalue weighted by Crippen LogP contribution is -2.38. The fourth-order valence-corrected chi connectivity index (χ4v) is 3.88. The molecule has 10 nitrogen and oxygen atoms in total. The lowest BCUT2D eigenvalue weighted by Gasteiger charge is -2.26. The molecular formula is C20H22N6O4. The Kier molecular flexibility index (Phi) is 4.83. The van der Waals surface area contributed by atoms with Gasteiger partial charge >= 0.3 is 0 Å². The predicted octanol–water partition coefficient (Wildman–Crippen LogP) is 0.965. The molecule has 0 aliphatic carbocycles. The van der Waals surface area contributed by atoms with Gasteiger partial charge in [0, 0.05) is 31.1 Å². The summed E-state index contributed by atoms with van der Waals surface area (Å²) in [5, 5.41) is 10.1. The number of hydrogen-bond donors (Lipinski definition) is 2. The number of furan rings is 1. The van der Waals surface area contributed by atoms with Crippen molar-refractivity contribution in [3.63, 3.8) is 0 Å². The zero-order chi connectivity index (χ0) is 20.5. The summed E-state index contributed by atoms with van der Waals surface area (Å²) in [4.78, 5) is 31.1. The Hall–Kier alpha value is -3.40. The molecule has 5 heterocycles. The quantitative estimate of drug-likeness (QED) is 0.647. The first-order chi connectivity index (χ1) is 14.7. The van der Waals surface area contributed by atoms with E-state index in [0.717, 1.165) is 17.7 Å². The van der Waals surface area contributed by atoms with Gasteiger partial charge in [-0.05, 0) is 25.0 Å². The summed E-state index contributed by atoms with van der Waals surface area (Å²) < 4.78 is 12.9. The molecule has 2 aliphatic rings. The lowest BCUT2D eigenvalue weighted by molar-refractivity contribution is 0.0698. The SMILES string of the molecule is O=C(NC1CCOC1)c1n[nH]c2c1CCN(C(=O)c1ccc(Cn3ccnc3)o1)C2. The van der Waals surface area contributed by atoms with Crippen molar-refractivity contribution in [2.75, 3.05) is 19.8 Å². The summed E-state index contributed by atoms with van der Waals surface area (Å²) in [7, 11) is 0. The zero-order valence-electron chi connectivity index (χ0n) is 16.3. The number of aromatic amines is 1. The van der Waals surface area contributed by atoms with Crippen molar-refractivity contribution in [2.24, 2.45) is 0 Å². The molecular weight excluding hydrogens is 388 g/mol. The number of imidazole rings is 1. The Balaban J connectivity index is 1.24. The molecule has 30 heavy (non-hydrogen) atoms. The van der Waals surface area contributed by atoms with Gasteiger partial charge < -0.3 is 23.9 Å². The molecule has 1 saturated heterocycles. The van der Waals surface area contributed by atoms with Crippen LogP contribution in [0.25, 0.3) is 0 Å². The van der Waals surface area contributed by atoms with Crippen LogP contribution in [0.3, 0.4) is 0 Å². The predicted molar refractivity (Wildman–Crippen MR) is 104 cm³/mol. The number of H-pyrrole nitrogens is 1. The lowest BCUT2D eigenvalue weighted by atomic mass is 10.0. The number of hydrogen-bond acceptors (Lipinski definition) is 6. The van der Waals surface area contributed by atoms with Crippen molar-refractivity contribution in [3.05, 3.63) is 59.3 Å². The van der Waals surface area contributed by atoms with Gasteiger partial charge in [0.15, 0.2) is 11.5 Å². The van der Waals surface area contributed by atoms with Crippen molar-refractivity contribution >= 4 is 11.8 Å². The van der Waals surface area contributed by atoms with E-state index in [4.69, 9.17) is 9.15 Å². The zero-order valence-corrected chi connectivity index (χ0v) is 16.3. The van der Waals surface area contributed by atoms with E-state index in [1.807, 2.05) is 10.8 Å². The molecule has 1 fully saturated rings. The molecule has 0 bridgehead atoms. The second-order valence-corrected chi connectivity index (χ2v) is 7.54. The van der Waals surface area contributed by atoms with Gasteiger partial charge in [0.25, 0.3) is 11.8 Å². The molecule has 2 aliphatic heterocycles. The molecule has 3 aromatic rings. The number of fused-ring (bicyclic) bond motifs is 1. The van der Waals surface area contributed by atoms with E-state index in [0.29, 0.717) is 56.5 Å². The number of ether oxygens (including phenoxy) is 1. The van der Waals surface area contributed by atoms with E-state index >= 15 is 0 Å². The minimum Gasteiger partial charge on any atom is -0.454 e. The van der Waals surface area contributed by atoms with E-state index in [1.54, 1.807) is 29.6 Å². The number of amides is 2. The van der Waals surface area contributed by atoms with Gasteiger partial charge in [0.05, 0.1) is 37.8 Å². The highest BCUT2D eigenvalue weighted by molar-refractivity contribution is 5.95. The van der Waals surface area contributed by atoms with E-state index in [1.165, 1.54) is 0 Å². The summed E-state index contributed by atoms with van der Waals surface area (Å²) >= 11 is 0. The van der Waals surface area contributed by atoms with Crippen LogP contribution in [0.4, 0.5) is 0 Å². The fourth-order valence-electron chi connectivity index (χ4n) is 3.88. The number of aromatic nitrogens is 4. The molecule has 0 saturated carbocycles. The summed E-state index contributed by atoms with van der Waals surface area (Å²) in [5.41, 5.74) is 2.06. The number of rotatable bonds is 5. The standard InChI is InChI=1S/C20H22N6O4/c27-19(22-13-4-8-29-11-13)18-15-3-6-26(10-16(15)23-24-18)20(28)17-2-1-14(30-17)9-25-7-5-21-12-25/h1-2,5,7,12-13H,3-4,6,8-11H2,(H,22,27)(H,23,24). The summed E-state index contributed by atoms with van der Waals surface area (Å²) in [5.74, 6) is 0.608. The summed E-state index contributed by atoms with van der Waals surface area (Å²) in [6.45, 7) is 2.57. The number of carbonyl (C=O) groups is 2. The van der Waals surface area contributed by atoms with E-state index in [2.05, 4.69) is 20.5 Å². The first kappa shape index (κ1) is 18.6. The van der Waals surface area contributed by atoms with Crippen molar-refractivity contribution in [3.8, 4) is 0 Å². The minimum atomic E-state index is -0.196. The first-order valence-electron chi connectivity index (χ1n) is 9.96. The molecule has 3 aromatic heterocycles. The second kappa shape index (κ2) is 7.79. The van der Waals surface area contributed by atoms with Crippen LogP contribution >= 0.6 is 0 Å². The van der Waals surface area contributed by atoms with Gasteiger partial charge in [0.2, 0.25) is 0 Å². The average Bonchev–Trinajstić information content (AvgIpc) is 3.54. The number of nitrogens with zero attached hydrogens (tertiary/aromatic N) is 4. The normalized spacial score (nSPS) is 18.4. The Morgan fingerprint density at radius 2 is 2.27 bits per heavy atom. The highest BCUT2D eigenvalue weighted by Crippen LogP contribution is 2.23. The molecule has 5 rings (SSSR count). The molecule has 0 radical (unpaired) electrons. The average molecular weight is 410 g/mol. The van der Waals surface area contributed by atoms with Crippen LogP contribution in [-0.2, 0) is 24.2 Å². The topological polar surface area (TPSA) is 118 Å². The second-order valence-electron chi connectivity index (χ2n) is 7.54. The maximum Gasteiger partial charge on any atom is 0.289 e. The molecule has 10 heteroatoms. The van der Waals surface area contributed by atoms with E-state index in [-0.39, 0.29) is 17.9 Å². The smallest absolute Gasteiger partial charge is 0.289 e. The Bertz CT molecular complexity index is 1050. The van der Waals surface area contributed by atoms with E-state index in [9.17, 15) is 9.59 Å². The summed E-state index contributed by atoms with van der Waals surface area (Å²) in [6, 6.07) is 3.52. The van der Waals surface area contributed by atoms with Gasteiger partial charge in [0.1, 0.15) is 5.76 Å². The van der Waals surface area contributed by atoms with Gasteiger partial charge in [-0.2, -0.15) is 5.10 Å². The maximum absolute atomic E-state index is 12.9. The van der Waals surface area contributed by atoms with Crippen molar-refractivity contribution in [2.45, 2.75) is 32.0 Å². The van der Waals surface area contributed by atoms with Crippen LogP contribution in [0.15, 0.2) is 35.3 Å². The number of carbonyl (C=O) groups excluding carboxylic acids is 2. The van der Waals surface area contributed by atoms with Crippen LogP contribution in [0, 0.1) is 0 Å². The monoisotopic (exact) mass is 410 g/mol. The maximum atomic E-state index is 12.9. The van der Waals surface area contributed by atoms with Gasteiger partial charge in [-0.25, -0.2) is 4.98 Å². The highest BCUT2D eigenvalue weighted by atomic mass is 16.5. The third-order valence-corrected chi connectivity index (χ3v) is 5.47. The Labute approximate surface area is 172 Å². The molecule has 0 spiro atoms. The Morgan fingerprint density at radius 3 is 3.07 bits per heavy atom. The van der Waals surface area contributed by atoms with Crippen LogP contribution in [-0.4, -0.2) is 62.3 Å².